The van der Waals surface area contributed by atoms with Crippen molar-refractivity contribution in [1.29, 1.82) is 5.26 Å². The van der Waals surface area contributed by atoms with Crippen molar-refractivity contribution >= 4 is 6.09 Å². The summed E-state index contributed by atoms with van der Waals surface area (Å²) in [5, 5.41) is 27.2. The number of nitrogens with zero attached hydrogens (tertiary/aromatic N) is 2. The van der Waals surface area contributed by atoms with E-state index in [-0.39, 0.29) is 11.8 Å². The second-order valence-electron chi connectivity index (χ2n) is 4.26. The first kappa shape index (κ1) is 9.28. The second kappa shape index (κ2) is 2.85. The van der Waals surface area contributed by atoms with Gasteiger partial charge < -0.3 is 15.1 Å². The molecule has 0 aromatic rings. The molecule has 1 aliphatic carbocycles. The van der Waals surface area contributed by atoms with E-state index in [1.807, 2.05) is 6.07 Å². The van der Waals surface area contributed by atoms with E-state index >= 15 is 0 Å². The molecular formula is C9H12N2O3. The van der Waals surface area contributed by atoms with Crippen molar-refractivity contribution in [2.45, 2.75) is 18.4 Å². The van der Waals surface area contributed by atoms with Crippen LogP contribution in [0.25, 0.3) is 0 Å². The van der Waals surface area contributed by atoms with E-state index in [0.29, 0.717) is 25.9 Å². The van der Waals surface area contributed by atoms with Gasteiger partial charge in [0.05, 0.1) is 6.07 Å². The van der Waals surface area contributed by atoms with Gasteiger partial charge in [0.1, 0.15) is 0 Å². The first-order chi connectivity index (χ1) is 6.54. The Kier molecular flexibility index (Phi) is 1.89. The Hall–Kier alpha value is -1.28. The summed E-state index contributed by atoms with van der Waals surface area (Å²) in [4.78, 5) is 12.0. The largest absolute Gasteiger partial charge is 0.465 e. The molecule has 1 amide bonds. The van der Waals surface area contributed by atoms with Gasteiger partial charge >= 0.3 is 6.09 Å². The van der Waals surface area contributed by atoms with Crippen LogP contribution in [0.4, 0.5) is 4.79 Å². The summed E-state index contributed by atoms with van der Waals surface area (Å²) in [6.07, 6.45) is -0.0736. The number of carbonyl (C=O) groups is 1. The monoisotopic (exact) mass is 196 g/mol. The van der Waals surface area contributed by atoms with Gasteiger partial charge in [-0.3, -0.25) is 0 Å². The van der Waals surface area contributed by atoms with Crippen LogP contribution in [0, 0.1) is 23.2 Å². The van der Waals surface area contributed by atoms with Crippen LogP contribution in [-0.4, -0.2) is 39.9 Å². The lowest BCUT2D eigenvalue weighted by atomic mass is 10.0. The molecule has 2 N–H and O–H groups in total. The lowest BCUT2D eigenvalue weighted by molar-refractivity contribution is 0.0895. The van der Waals surface area contributed by atoms with Crippen LogP contribution in [0.1, 0.15) is 12.8 Å². The van der Waals surface area contributed by atoms with Gasteiger partial charge in [-0.05, 0) is 24.7 Å². The van der Waals surface area contributed by atoms with E-state index in [9.17, 15) is 9.90 Å². The van der Waals surface area contributed by atoms with Crippen LogP contribution in [0.5, 0.6) is 0 Å². The van der Waals surface area contributed by atoms with Gasteiger partial charge in [-0.2, -0.15) is 5.26 Å². The van der Waals surface area contributed by atoms with E-state index < -0.39 is 11.7 Å². The van der Waals surface area contributed by atoms with Crippen LogP contribution >= 0.6 is 0 Å². The van der Waals surface area contributed by atoms with Crippen molar-refractivity contribution in [2.75, 3.05) is 13.1 Å². The third kappa shape index (κ3) is 1.32. The van der Waals surface area contributed by atoms with Crippen LogP contribution in [0.15, 0.2) is 0 Å². The molecule has 0 spiro atoms. The van der Waals surface area contributed by atoms with Gasteiger partial charge in [-0.15, -0.1) is 0 Å². The molecule has 0 bridgehead atoms. The van der Waals surface area contributed by atoms with Crippen molar-refractivity contribution in [2.24, 2.45) is 11.8 Å². The smallest absolute Gasteiger partial charge is 0.407 e. The number of nitriles is 1. The highest BCUT2D eigenvalue weighted by molar-refractivity contribution is 5.65. The number of likely N-dealkylation sites (tertiary alicyclic amines) is 1. The lowest BCUT2D eigenvalue weighted by Crippen LogP contribution is -2.31. The van der Waals surface area contributed by atoms with Crippen molar-refractivity contribution in [3.63, 3.8) is 0 Å². The Morgan fingerprint density at radius 2 is 1.93 bits per heavy atom. The molecule has 0 unspecified atom stereocenters. The van der Waals surface area contributed by atoms with Crippen LogP contribution in [0.3, 0.4) is 0 Å². The molecule has 3 atom stereocenters. The summed E-state index contributed by atoms with van der Waals surface area (Å²) in [6, 6.07) is 1.90. The molecule has 76 valence electrons. The fraction of sp³-hybridized carbons (Fsp3) is 0.778. The van der Waals surface area contributed by atoms with Gasteiger partial charge in [0, 0.05) is 13.1 Å². The summed E-state index contributed by atoms with van der Waals surface area (Å²) in [5.41, 5.74) is -1.21. The lowest BCUT2D eigenvalue weighted by Gasteiger charge is -2.17. The second-order valence-corrected chi connectivity index (χ2v) is 4.26. The number of aliphatic hydroxyl groups is 1. The zero-order chi connectivity index (χ0) is 10.3. The Labute approximate surface area is 81.5 Å². The Bertz CT molecular complexity index is 296. The Morgan fingerprint density at radius 3 is 2.29 bits per heavy atom. The van der Waals surface area contributed by atoms with Gasteiger partial charge in [0.15, 0.2) is 5.60 Å². The maximum Gasteiger partial charge on any atom is 0.407 e. The minimum Gasteiger partial charge on any atom is -0.465 e. The van der Waals surface area contributed by atoms with E-state index in [0.717, 1.165) is 0 Å². The summed E-state index contributed by atoms with van der Waals surface area (Å²) in [6.45, 7) is 0.925. The number of rotatable bonds is 0. The standard InChI is InChI=1S/C9H12N2O3/c10-5-9(14)1-6-3-11(8(12)13)4-7(6)2-9/h6-7,14H,1-4H2,(H,12,13)/t6-,7+,9-. The zero-order valence-corrected chi connectivity index (χ0v) is 7.68. The average molecular weight is 196 g/mol. The molecule has 1 saturated carbocycles. The normalized spacial score (nSPS) is 40.7. The zero-order valence-electron chi connectivity index (χ0n) is 7.68. The average Bonchev–Trinajstić information content (AvgIpc) is 2.59. The third-order valence-electron chi connectivity index (χ3n) is 3.25. The maximum atomic E-state index is 10.7. The SMILES string of the molecule is N#C[C@]1(O)C[C@H]2CN(C(=O)O)C[C@H]2C1. The molecule has 5 heteroatoms. The Morgan fingerprint density at radius 1 is 1.43 bits per heavy atom. The number of hydrogen-bond acceptors (Lipinski definition) is 3. The molecule has 1 saturated heterocycles. The molecule has 2 rings (SSSR count). The third-order valence-corrected chi connectivity index (χ3v) is 3.25. The molecule has 0 radical (unpaired) electrons. The highest BCUT2D eigenvalue weighted by Crippen LogP contribution is 2.43. The molecule has 5 nitrogen and oxygen atoms in total. The van der Waals surface area contributed by atoms with Crippen molar-refractivity contribution < 1.29 is 15.0 Å². The minimum atomic E-state index is -1.21. The topological polar surface area (TPSA) is 84.6 Å². The molecule has 2 fully saturated rings. The number of amides is 1. The predicted molar refractivity (Wildman–Crippen MR) is 46.4 cm³/mol. The Balaban J connectivity index is 2.04. The molecule has 2 aliphatic rings. The summed E-state index contributed by atoms with van der Waals surface area (Å²) < 4.78 is 0. The van der Waals surface area contributed by atoms with Gasteiger partial charge in [0.25, 0.3) is 0 Å². The first-order valence-electron chi connectivity index (χ1n) is 4.65. The fourth-order valence-electron chi connectivity index (χ4n) is 2.60. The molecule has 0 aromatic carbocycles. The first-order valence-corrected chi connectivity index (χ1v) is 4.65. The molecule has 1 heterocycles. The van der Waals surface area contributed by atoms with E-state index in [2.05, 4.69) is 0 Å². The van der Waals surface area contributed by atoms with E-state index in [1.165, 1.54) is 4.90 Å². The molecule has 14 heavy (non-hydrogen) atoms. The van der Waals surface area contributed by atoms with Gasteiger partial charge in [-0.1, -0.05) is 0 Å². The summed E-state index contributed by atoms with van der Waals surface area (Å²) >= 11 is 0. The van der Waals surface area contributed by atoms with Crippen LogP contribution in [0.2, 0.25) is 0 Å². The van der Waals surface area contributed by atoms with Crippen LogP contribution in [-0.2, 0) is 0 Å². The van der Waals surface area contributed by atoms with E-state index in [1.54, 1.807) is 0 Å². The maximum absolute atomic E-state index is 10.7. The minimum absolute atomic E-state index is 0.163. The fourth-order valence-corrected chi connectivity index (χ4v) is 2.60. The predicted octanol–water partition coefficient (Wildman–Crippen LogP) is 0.261. The van der Waals surface area contributed by atoms with Crippen molar-refractivity contribution in [3.05, 3.63) is 0 Å². The quantitative estimate of drug-likeness (QED) is 0.544. The van der Waals surface area contributed by atoms with E-state index in [4.69, 9.17) is 10.4 Å². The number of fused-ring (bicyclic) bond motifs is 1. The van der Waals surface area contributed by atoms with Crippen molar-refractivity contribution in [1.82, 2.24) is 4.90 Å². The summed E-state index contributed by atoms with van der Waals surface area (Å²) in [7, 11) is 0. The van der Waals surface area contributed by atoms with Gasteiger partial charge in [-0.25, -0.2) is 4.79 Å². The molecule has 0 aromatic heterocycles. The molecule has 1 aliphatic heterocycles. The highest BCUT2D eigenvalue weighted by atomic mass is 16.4. The summed E-state index contributed by atoms with van der Waals surface area (Å²) in [5.74, 6) is 0.325. The van der Waals surface area contributed by atoms with Crippen LogP contribution < -0.4 is 0 Å². The molecular weight excluding hydrogens is 184 g/mol. The number of hydrogen-bond donors (Lipinski definition) is 2. The number of carboxylic acid groups (broad SMARTS) is 1. The highest BCUT2D eigenvalue weighted by Gasteiger charge is 2.49. The van der Waals surface area contributed by atoms with Gasteiger partial charge in [0.2, 0.25) is 0 Å². The van der Waals surface area contributed by atoms with Crippen molar-refractivity contribution in [3.8, 4) is 6.07 Å².